The second kappa shape index (κ2) is 5.83. The molecule has 21 heavy (non-hydrogen) atoms. The number of hydrogen-bond donors (Lipinski definition) is 1. The maximum Gasteiger partial charge on any atom is 0.103 e. The average molecular weight is 363 g/mol. The van der Waals surface area contributed by atoms with Gasteiger partial charge in [0.05, 0.1) is 21.9 Å². The fraction of sp³-hybridized carbons (Fsp3) is 0.250. The van der Waals surface area contributed by atoms with Gasteiger partial charge in [-0.05, 0) is 41.9 Å². The first kappa shape index (κ1) is 14.6. The standard InChI is InChI=1S/C16H15BrN2OS/c1-9-10(2)21-15(18-9)8-14(20)16-12(17)7-11-5-3-4-6-13(11)19-16/h3-7,14,20H,8H2,1-2H3. The molecule has 0 amide bonds. The third kappa shape index (κ3) is 3.00. The Morgan fingerprint density at radius 2 is 2.00 bits per heavy atom. The third-order valence-electron chi connectivity index (χ3n) is 3.46. The van der Waals surface area contributed by atoms with E-state index in [1.54, 1.807) is 11.3 Å². The highest BCUT2D eigenvalue weighted by atomic mass is 79.9. The number of hydrogen-bond acceptors (Lipinski definition) is 4. The number of halogens is 1. The van der Waals surface area contributed by atoms with Crippen LogP contribution in [-0.4, -0.2) is 15.1 Å². The van der Waals surface area contributed by atoms with Crippen molar-refractivity contribution in [1.82, 2.24) is 9.97 Å². The first-order chi connectivity index (χ1) is 10.0. The van der Waals surface area contributed by atoms with Gasteiger partial charge in [-0.1, -0.05) is 18.2 Å². The molecular weight excluding hydrogens is 348 g/mol. The van der Waals surface area contributed by atoms with Gasteiger partial charge in [0.1, 0.15) is 6.10 Å². The molecule has 0 spiro atoms. The minimum Gasteiger partial charge on any atom is -0.386 e. The van der Waals surface area contributed by atoms with Crippen LogP contribution in [-0.2, 0) is 6.42 Å². The Morgan fingerprint density at radius 1 is 1.24 bits per heavy atom. The van der Waals surface area contributed by atoms with Gasteiger partial charge in [-0.2, -0.15) is 0 Å². The second-order valence-corrected chi connectivity index (χ2v) is 7.16. The molecule has 5 heteroatoms. The highest BCUT2D eigenvalue weighted by Crippen LogP contribution is 2.29. The number of nitrogens with zero attached hydrogens (tertiary/aromatic N) is 2. The topological polar surface area (TPSA) is 46.0 Å². The number of fused-ring (bicyclic) bond motifs is 1. The van der Waals surface area contributed by atoms with Crippen LogP contribution in [0.3, 0.4) is 0 Å². The minimum absolute atomic E-state index is 0.489. The molecule has 1 unspecified atom stereocenters. The van der Waals surface area contributed by atoms with Crippen molar-refractivity contribution in [2.45, 2.75) is 26.4 Å². The van der Waals surface area contributed by atoms with Crippen LogP contribution in [0.1, 0.15) is 27.4 Å². The van der Waals surface area contributed by atoms with Gasteiger partial charge in [-0.15, -0.1) is 11.3 Å². The van der Waals surface area contributed by atoms with Crippen molar-refractivity contribution >= 4 is 38.2 Å². The van der Waals surface area contributed by atoms with Crippen molar-refractivity contribution in [3.63, 3.8) is 0 Å². The molecule has 108 valence electrons. The summed E-state index contributed by atoms with van der Waals surface area (Å²) in [6.07, 6.45) is -0.169. The van der Waals surface area contributed by atoms with E-state index in [0.29, 0.717) is 12.1 Å². The summed E-state index contributed by atoms with van der Waals surface area (Å²) in [6.45, 7) is 4.04. The largest absolute Gasteiger partial charge is 0.386 e. The quantitative estimate of drug-likeness (QED) is 0.753. The molecule has 2 aromatic heterocycles. The predicted octanol–water partition coefficient (Wildman–Crippen LogP) is 4.35. The number of aliphatic hydroxyl groups excluding tert-OH is 1. The zero-order chi connectivity index (χ0) is 15.0. The van der Waals surface area contributed by atoms with Gasteiger partial charge < -0.3 is 5.11 Å². The summed E-state index contributed by atoms with van der Waals surface area (Å²) in [5.74, 6) is 0. The average Bonchev–Trinajstić information content (AvgIpc) is 2.76. The molecule has 1 atom stereocenters. The van der Waals surface area contributed by atoms with Gasteiger partial charge in [-0.25, -0.2) is 9.97 Å². The van der Waals surface area contributed by atoms with E-state index in [4.69, 9.17) is 0 Å². The lowest BCUT2D eigenvalue weighted by atomic mass is 10.1. The van der Waals surface area contributed by atoms with Crippen LogP contribution < -0.4 is 0 Å². The van der Waals surface area contributed by atoms with Crippen LogP contribution in [0.25, 0.3) is 10.9 Å². The first-order valence-corrected chi connectivity index (χ1v) is 8.31. The zero-order valence-electron chi connectivity index (χ0n) is 11.8. The summed E-state index contributed by atoms with van der Waals surface area (Å²) in [7, 11) is 0. The molecule has 3 rings (SSSR count). The van der Waals surface area contributed by atoms with Gasteiger partial charge in [0.2, 0.25) is 0 Å². The molecule has 0 saturated heterocycles. The summed E-state index contributed by atoms with van der Waals surface area (Å²) in [5, 5.41) is 12.5. The Morgan fingerprint density at radius 3 is 2.71 bits per heavy atom. The van der Waals surface area contributed by atoms with Gasteiger partial charge >= 0.3 is 0 Å². The van der Waals surface area contributed by atoms with Gasteiger partial charge in [-0.3, -0.25) is 0 Å². The molecular formula is C16H15BrN2OS. The van der Waals surface area contributed by atoms with Gasteiger partial charge in [0, 0.05) is 21.2 Å². The molecule has 2 heterocycles. The van der Waals surface area contributed by atoms with E-state index in [1.807, 2.05) is 44.2 Å². The number of para-hydroxylation sites is 1. The fourth-order valence-corrected chi connectivity index (χ4v) is 3.80. The summed E-state index contributed by atoms with van der Waals surface area (Å²) in [5.41, 5.74) is 2.59. The van der Waals surface area contributed by atoms with Crippen LogP contribution in [0, 0.1) is 13.8 Å². The van der Waals surface area contributed by atoms with Crippen molar-refractivity contribution in [3.8, 4) is 0 Å². The minimum atomic E-state index is -0.658. The highest BCUT2D eigenvalue weighted by molar-refractivity contribution is 9.10. The number of benzene rings is 1. The van der Waals surface area contributed by atoms with Crippen molar-refractivity contribution < 1.29 is 5.11 Å². The third-order valence-corrected chi connectivity index (χ3v) is 5.19. The molecule has 0 fully saturated rings. The highest BCUT2D eigenvalue weighted by Gasteiger charge is 2.17. The molecule has 0 radical (unpaired) electrons. The first-order valence-electron chi connectivity index (χ1n) is 6.71. The van der Waals surface area contributed by atoms with Crippen molar-refractivity contribution in [2.24, 2.45) is 0 Å². The smallest absolute Gasteiger partial charge is 0.103 e. The monoisotopic (exact) mass is 362 g/mol. The maximum absolute atomic E-state index is 10.5. The molecule has 3 nitrogen and oxygen atoms in total. The Labute approximate surface area is 135 Å². The van der Waals surface area contributed by atoms with E-state index in [2.05, 4.69) is 25.9 Å². The Kier molecular flexibility index (Phi) is 4.06. The van der Waals surface area contributed by atoms with Crippen LogP contribution in [0.2, 0.25) is 0 Å². The number of aliphatic hydroxyl groups is 1. The van der Waals surface area contributed by atoms with Crippen LogP contribution in [0.15, 0.2) is 34.8 Å². The molecule has 3 aromatic rings. The summed E-state index contributed by atoms with van der Waals surface area (Å²) >= 11 is 5.14. The zero-order valence-corrected chi connectivity index (χ0v) is 14.2. The van der Waals surface area contributed by atoms with Crippen LogP contribution in [0.5, 0.6) is 0 Å². The number of aromatic nitrogens is 2. The van der Waals surface area contributed by atoms with E-state index >= 15 is 0 Å². The predicted molar refractivity (Wildman–Crippen MR) is 89.7 cm³/mol. The number of pyridine rings is 1. The molecule has 0 aliphatic heterocycles. The van der Waals surface area contributed by atoms with E-state index in [-0.39, 0.29) is 0 Å². The molecule has 1 N–H and O–H groups in total. The number of thiazole rings is 1. The lowest BCUT2D eigenvalue weighted by molar-refractivity contribution is 0.173. The molecule has 0 aliphatic rings. The second-order valence-electron chi connectivity index (χ2n) is 5.02. The number of aryl methyl sites for hydroxylation is 2. The Balaban J connectivity index is 1.93. The normalized spacial score (nSPS) is 12.8. The summed E-state index contributed by atoms with van der Waals surface area (Å²) in [4.78, 5) is 10.3. The van der Waals surface area contributed by atoms with E-state index in [0.717, 1.165) is 26.1 Å². The Bertz CT molecular complexity index is 781. The summed E-state index contributed by atoms with van der Waals surface area (Å²) in [6, 6.07) is 9.90. The van der Waals surface area contributed by atoms with Crippen molar-refractivity contribution in [2.75, 3.05) is 0 Å². The van der Waals surface area contributed by atoms with E-state index in [9.17, 15) is 5.11 Å². The van der Waals surface area contributed by atoms with Gasteiger partial charge in [0.25, 0.3) is 0 Å². The lowest BCUT2D eigenvalue weighted by Crippen LogP contribution is -2.05. The van der Waals surface area contributed by atoms with E-state index in [1.165, 1.54) is 4.88 Å². The molecule has 0 aliphatic carbocycles. The van der Waals surface area contributed by atoms with Crippen LogP contribution >= 0.6 is 27.3 Å². The number of rotatable bonds is 3. The Hall–Kier alpha value is -1.30. The molecule has 1 aromatic carbocycles. The van der Waals surface area contributed by atoms with Crippen LogP contribution in [0.4, 0.5) is 0 Å². The van der Waals surface area contributed by atoms with Gasteiger partial charge in [0.15, 0.2) is 0 Å². The molecule has 0 saturated carbocycles. The summed E-state index contributed by atoms with van der Waals surface area (Å²) < 4.78 is 0.832. The fourth-order valence-electron chi connectivity index (χ4n) is 2.23. The van der Waals surface area contributed by atoms with E-state index < -0.39 is 6.10 Å². The van der Waals surface area contributed by atoms with Crippen molar-refractivity contribution in [3.05, 3.63) is 56.1 Å². The lowest BCUT2D eigenvalue weighted by Gasteiger charge is -2.11. The molecule has 0 bridgehead atoms. The maximum atomic E-state index is 10.5. The van der Waals surface area contributed by atoms with Crippen molar-refractivity contribution in [1.29, 1.82) is 0 Å². The SMILES string of the molecule is Cc1nc(CC(O)c2nc3ccccc3cc2Br)sc1C.